The van der Waals surface area contributed by atoms with E-state index in [0.717, 1.165) is 37.7 Å². The largest absolute Gasteiger partial charge is 0.360 e. The van der Waals surface area contributed by atoms with Crippen LogP contribution in [0, 0.1) is 6.92 Å². The summed E-state index contributed by atoms with van der Waals surface area (Å²) in [7, 11) is 0. The average molecular weight is 332 g/mol. The third-order valence-corrected chi connectivity index (χ3v) is 5.08. The molecule has 2 aromatic carbocycles. The van der Waals surface area contributed by atoms with Crippen molar-refractivity contribution < 1.29 is 10.6 Å². The van der Waals surface area contributed by atoms with Crippen molar-refractivity contribution in [3.05, 3.63) is 64.7 Å². The molecule has 0 unspecified atom stereocenters. The fraction of sp³-hybridized carbons (Fsp3) is 0.368. The van der Waals surface area contributed by atoms with Crippen LogP contribution in [-0.2, 0) is 0 Å². The van der Waals surface area contributed by atoms with Crippen molar-refractivity contribution >= 4 is 17.3 Å². The van der Waals surface area contributed by atoms with Crippen molar-refractivity contribution in [1.29, 1.82) is 0 Å². The highest BCUT2D eigenvalue weighted by Crippen LogP contribution is 2.19. The number of anilines is 1. The predicted octanol–water partition coefficient (Wildman–Crippen LogP) is 1.34. The Morgan fingerprint density at radius 2 is 1.83 bits per heavy atom. The highest BCUT2D eigenvalue weighted by Gasteiger charge is 2.29. The van der Waals surface area contributed by atoms with Gasteiger partial charge in [0.2, 0.25) is 0 Å². The first-order valence-electron chi connectivity index (χ1n) is 8.38. The normalized spacial score (nSPS) is 17.3. The molecule has 0 aromatic heterocycles. The molecule has 1 aliphatic heterocycles. The van der Waals surface area contributed by atoms with Gasteiger partial charge in [-0.3, -0.25) is 0 Å². The van der Waals surface area contributed by atoms with Crippen LogP contribution in [-0.4, -0.2) is 32.7 Å². The fourth-order valence-corrected chi connectivity index (χ4v) is 3.66. The molecule has 1 heterocycles. The molecule has 0 bridgehead atoms. The summed E-state index contributed by atoms with van der Waals surface area (Å²) in [5.74, 6) is 0. The fourth-order valence-electron chi connectivity index (χ4n) is 3.48. The van der Waals surface area contributed by atoms with Crippen molar-refractivity contribution in [3.8, 4) is 0 Å². The Bertz CT molecular complexity index is 633. The number of nitrogens with zero attached hydrogens (tertiary/aromatic N) is 1. The van der Waals surface area contributed by atoms with E-state index in [4.69, 9.17) is 11.6 Å². The molecule has 1 atom stereocenters. The highest BCUT2D eigenvalue weighted by atomic mass is 35.5. The summed E-state index contributed by atoms with van der Waals surface area (Å²) in [6.07, 6.45) is 0. The third-order valence-electron chi connectivity index (χ3n) is 4.84. The minimum Gasteiger partial charge on any atom is -0.360 e. The zero-order valence-electron chi connectivity index (χ0n) is 13.8. The molecule has 1 aliphatic rings. The average Bonchev–Trinajstić information content (AvgIpc) is 2.58. The topological polar surface area (TPSA) is 35.3 Å². The third kappa shape index (κ3) is 3.86. The van der Waals surface area contributed by atoms with Crippen LogP contribution in [0.15, 0.2) is 48.5 Å². The standard InChI is InChI=1S/C19H24ClN3/c1-15-5-7-16(8-6-15)19(14-21)23-11-9-22(10-12-23)18-4-2-3-17(20)13-18/h2-8,13,19H,9-12,14,21H2,1H3/p+2/t19-/m1/s1. The van der Waals surface area contributed by atoms with Gasteiger partial charge in [0.25, 0.3) is 0 Å². The van der Waals surface area contributed by atoms with Crippen LogP contribution in [0.25, 0.3) is 0 Å². The summed E-state index contributed by atoms with van der Waals surface area (Å²) < 4.78 is 0. The molecule has 4 heteroatoms. The van der Waals surface area contributed by atoms with E-state index in [0.29, 0.717) is 6.04 Å². The summed E-state index contributed by atoms with van der Waals surface area (Å²) in [4.78, 5) is 4.08. The molecule has 1 fully saturated rings. The van der Waals surface area contributed by atoms with Gasteiger partial charge in [-0.05, 0) is 25.1 Å². The predicted molar refractivity (Wildman–Crippen MR) is 96.0 cm³/mol. The molecule has 122 valence electrons. The molecule has 0 radical (unpaired) electrons. The summed E-state index contributed by atoms with van der Waals surface area (Å²) in [5, 5.41) is 0.813. The van der Waals surface area contributed by atoms with E-state index < -0.39 is 0 Å². The Hall–Kier alpha value is -1.55. The maximum absolute atomic E-state index is 6.12. The van der Waals surface area contributed by atoms with E-state index in [-0.39, 0.29) is 0 Å². The lowest BCUT2D eigenvalue weighted by Crippen LogP contribution is -3.16. The van der Waals surface area contributed by atoms with Crippen LogP contribution in [0.2, 0.25) is 5.02 Å². The second-order valence-electron chi connectivity index (χ2n) is 6.38. The van der Waals surface area contributed by atoms with Crippen LogP contribution in [0.5, 0.6) is 0 Å². The minimum atomic E-state index is 0.497. The van der Waals surface area contributed by atoms with Crippen LogP contribution in [0.4, 0.5) is 5.69 Å². The quantitative estimate of drug-likeness (QED) is 0.871. The first-order valence-corrected chi connectivity index (χ1v) is 8.76. The second kappa shape index (κ2) is 7.35. The molecule has 0 spiro atoms. The van der Waals surface area contributed by atoms with Crippen molar-refractivity contribution in [2.24, 2.45) is 0 Å². The first kappa shape index (κ1) is 16.3. The molecule has 0 amide bonds. The van der Waals surface area contributed by atoms with E-state index in [2.05, 4.69) is 54.0 Å². The smallest absolute Gasteiger partial charge is 0.163 e. The van der Waals surface area contributed by atoms with Crippen molar-refractivity contribution in [1.82, 2.24) is 0 Å². The maximum atomic E-state index is 6.12. The van der Waals surface area contributed by atoms with Gasteiger partial charge in [-0.1, -0.05) is 47.5 Å². The van der Waals surface area contributed by atoms with E-state index in [1.54, 1.807) is 4.90 Å². The van der Waals surface area contributed by atoms with Crippen molar-refractivity contribution in [2.75, 3.05) is 37.6 Å². The number of quaternary nitrogens is 2. The molecule has 0 aliphatic carbocycles. The summed E-state index contributed by atoms with van der Waals surface area (Å²) in [5.41, 5.74) is 8.16. The number of halogens is 1. The number of piperazine rings is 1. The van der Waals surface area contributed by atoms with Gasteiger partial charge in [0.05, 0.1) is 26.2 Å². The molecule has 4 N–H and O–H groups in total. The van der Waals surface area contributed by atoms with Gasteiger partial charge in [-0.15, -0.1) is 0 Å². The maximum Gasteiger partial charge on any atom is 0.163 e. The molecule has 2 aromatic rings. The highest BCUT2D eigenvalue weighted by molar-refractivity contribution is 6.30. The summed E-state index contributed by atoms with van der Waals surface area (Å²) in [6, 6.07) is 17.6. The molecule has 0 saturated carbocycles. The molecule has 3 nitrogen and oxygen atoms in total. The molecular weight excluding hydrogens is 306 g/mol. The Balaban J connectivity index is 1.66. The lowest BCUT2D eigenvalue weighted by atomic mass is 10.0. The van der Waals surface area contributed by atoms with Crippen LogP contribution >= 0.6 is 11.6 Å². The van der Waals surface area contributed by atoms with Gasteiger partial charge in [-0.2, -0.15) is 0 Å². The van der Waals surface area contributed by atoms with Crippen LogP contribution in [0.3, 0.4) is 0 Å². The summed E-state index contributed by atoms with van der Waals surface area (Å²) >= 11 is 6.12. The lowest BCUT2D eigenvalue weighted by molar-refractivity contribution is -0.938. The molecular formula is C19H26ClN3+2. The Morgan fingerprint density at radius 1 is 1.13 bits per heavy atom. The molecule has 3 rings (SSSR count). The van der Waals surface area contributed by atoms with Gasteiger partial charge in [0, 0.05) is 16.3 Å². The summed E-state index contributed by atoms with van der Waals surface area (Å²) in [6.45, 7) is 7.49. The number of nitrogens with one attached hydrogen (secondary N) is 1. The monoisotopic (exact) mass is 331 g/mol. The molecule has 1 saturated heterocycles. The minimum absolute atomic E-state index is 0.497. The number of rotatable bonds is 4. The van der Waals surface area contributed by atoms with Gasteiger partial charge < -0.3 is 15.5 Å². The number of hydrogen-bond donors (Lipinski definition) is 2. The van der Waals surface area contributed by atoms with E-state index in [9.17, 15) is 0 Å². The van der Waals surface area contributed by atoms with E-state index >= 15 is 0 Å². The van der Waals surface area contributed by atoms with Gasteiger partial charge in [0.15, 0.2) is 6.04 Å². The number of hydrogen-bond acceptors (Lipinski definition) is 1. The van der Waals surface area contributed by atoms with Crippen molar-refractivity contribution in [3.63, 3.8) is 0 Å². The van der Waals surface area contributed by atoms with Crippen molar-refractivity contribution in [2.45, 2.75) is 13.0 Å². The lowest BCUT2D eigenvalue weighted by Gasteiger charge is -2.36. The second-order valence-corrected chi connectivity index (χ2v) is 6.81. The Morgan fingerprint density at radius 3 is 2.43 bits per heavy atom. The zero-order valence-corrected chi connectivity index (χ0v) is 14.5. The van der Waals surface area contributed by atoms with Gasteiger partial charge in [-0.25, -0.2) is 0 Å². The van der Waals surface area contributed by atoms with Crippen LogP contribution < -0.4 is 15.5 Å². The molecule has 23 heavy (non-hydrogen) atoms. The first-order chi connectivity index (χ1) is 11.2. The Kier molecular flexibility index (Phi) is 5.21. The zero-order chi connectivity index (χ0) is 16.2. The SMILES string of the molecule is Cc1ccc([C@@H](C[NH3+])[NH+]2CCN(c3cccc(Cl)c3)CC2)cc1. The number of aryl methyl sites for hydroxylation is 1. The number of benzene rings is 2. The Labute approximate surface area is 143 Å². The van der Waals surface area contributed by atoms with Gasteiger partial charge in [0.1, 0.15) is 6.54 Å². The van der Waals surface area contributed by atoms with E-state index in [1.165, 1.54) is 16.8 Å². The van der Waals surface area contributed by atoms with E-state index in [1.807, 2.05) is 12.1 Å². The van der Waals surface area contributed by atoms with Gasteiger partial charge >= 0.3 is 0 Å². The van der Waals surface area contributed by atoms with Crippen LogP contribution in [0.1, 0.15) is 17.2 Å².